The second-order valence-corrected chi connectivity index (χ2v) is 9.39. The number of thioether (sulfide) groups is 1. The number of allylic oxidation sites excluding steroid dienone is 2. The van der Waals surface area contributed by atoms with Gasteiger partial charge in [0, 0.05) is 36.0 Å². The van der Waals surface area contributed by atoms with E-state index in [1.807, 2.05) is 0 Å². The largest absolute Gasteiger partial charge is 0.472 e. The lowest BCUT2D eigenvalue weighted by molar-refractivity contribution is -0.115. The summed E-state index contributed by atoms with van der Waals surface area (Å²) in [7, 11) is 0. The van der Waals surface area contributed by atoms with Crippen LogP contribution in [0.2, 0.25) is 0 Å². The lowest BCUT2D eigenvalue weighted by Crippen LogP contribution is -2.41. The summed E-state index contributed by atoms with van der Waals surface area (Å²) in [5.74, 6) is -0.565. The highest BCUT2D eigenvalue weighted by molar-refractivity contribution is 8.18. The van der Waals surface area contributed by atoms with E-state index in [2.05, 4.69) is 37.6 Å². The normalized spacial score (nSPS) is 22.1. The Balaban J connectivity index is 1.31. The van der Waals surface area contributed by atoms with Gasteiger partial charge in [0.2, 0.25) is 11.9 Å². The summed E-state index contributed by atoms with van der Waals surface area (Å²) in [5, 5.41) is 8.60. The third-order valence-corrected chi connectivity index (χ3v) is 6.88. The van der Waals surface area contributed by atoms with Crippen LogP contribution in [0.15, 0.2) is 68.0 Å². The Kier molecular flexibility index (Phi) is 8.44. The van der Waals surface area contributed by atoms with Crippen molar-refractivity contribution in [3.05, 3.63) is 65.1 Å². The zero-order chi connectivity index (χ0) is 25.5. The summed E-state index contributed by atoms with van der Waals surface area (Å²) >= 11 is 0.838. The minimum atomic E-state index is -0.484. The highest BCUT2D eigenvalue weighted by Crippen LogP contribution is 2.27. The van der Waals surface area contributed by atoms with Crippen LogP contribution in [0.25, 0.3) is 11.1 Å². The maximum atomic E-state index is 14.5. The number of carbonyl (C=O) groups excluding carboxylic acids is 2. The zero-order valence-corrected chi connectivity index (χ0v) is 20.6. The Hall–Kier alpha value is -3.57. The van der Waals surface area contributed by atoms with Gasteiger partial charge in [0.25, 0.3) is 11.1 Å². The molecular weight excluding hydrogens is 483 g/mol. The molecule has 1 aliphatic carbocycles. The second kappa shape index (κ2) is 11.9. The fourth-order valence-electron chi connectivity index (χ4n) is 4.17. The Labute approximate surface area is 212 Å². The number of nitrogens with one attached hydrogen (secondary N) is 3. The Morgan fingerprint density at radius 3 is 2.72 bits per heavy atom. The van der Waals surface area contributed by atoms with Crippen molar-refractivity contribution >= 4 is 35.6 Å². The lowest BCUT2D eigenvalue weighted by Gasteiger charge is -2.30. The number of halogens is 1. The van der Waals surface area contributed by atoms with Crippen LogP contribution in [0.5, 0.6) is 0 Å². The van der Waals surface area contributed by atoms with Gasteiger partial charge in [-0.05, 0) is 74.9 Å². The molecule has 36 heavy (non-hydrogen) atoms. The molecule has 1 saturated carbocycles. The van der Waals surface area contributed by atoms with Crippen LogP contribution in [-0.4, -0.2) is 40.9 Å². The molecule has 2 fully saturated rings. The maximum absolute atomic E-state index is 14.5. The van der Waals surface area contributed by atoms with E-state index >= 15 is 0 Å². The van der Waals surface area contributed by atoms with E-state index in [1.165, 1.54) is 6.20 Å². The summed E-state index contributed by atoms with van der Waals surface area (Å²) in [6.45, 7) is 5.76. The van der Waals surface area contributed by atoms with Crippen LogP contribution in [0.4, 0.5) is 9.18 Å². The molecule has 1 aliphatic heterocycles. The van der Waals surface area contributed by atoms with Crippen molar-refractivity contribution in [3.8, 4) is 11.1 Å². The van der Waals surface area contributed by atoms with E-state index in [0.717, 1.165) is 48.6 Å². The van der Waals surface area contributed by atoms with Gasteiger partial charge in [0.05, 0.1) is 23.1 Å². The highest BCUT2D eigenvalue weighted by atomic mass is 32.2. The third kappa shape index (κ3) is 6.35. The van der Waals surface area contributed by atoms with Crippen LogP contribution in [0.1, 0.15) is 38.2 Å². The molecule has 0 aromatic carbocycles. The topological polar surface area (TPSA) is 121 Å². The minimum Gasteiger partial charge on any atom is -0.472 e. The van der Waals surface area contributed by atoms with Crippen LogP contribution in [-0.2, 0) is 11.3 Å². The monoisotopic (exact) mass is 510 g/mol. The molecule has 3 N–H and O–H groups in total. The number of nitrogens with zero attached hydrogens (tertiary/aromatic N) is 3. The first-order valence-electron chi connectivity index (χ1n) is 11.6. The number of aliphatic imine (C=N–C) groups is 2. The van der Waals surface area contributed by atoms with E-state index in [-0.39, 0.29) is 17.0 Å². The third-order valence-electron chi connectivity index (χ3n) is 6.06. The molecule has 0 radical (unpaired) electrons. The van der Waals surface area contributed by atoms with Gasteiger partial charge in [-0.1, -0.05) is 6.08 Å². The molecule has 2 aliphatic rings. The molecule has 0 atom stereocenters. The zero-order valence-electron chi connectivity index (χ0n) is 19.8. The maximum Gasteiger partial charge on any atom is 0.290 e. The van der Waals surface area contributed by atoms with E-state index in [1.54, 1.807) is 43.7 Å². The molecule has 3 heterocycles. The van der Waals surface area contributed by atoms with Gasteiger partial charge in [-0.15, -0.1) is 0 Å². The fourth-order valence-corrected chi connectivity index (χ4v) is 4.83. The van der Waals surface area contributed by atoms with E-state index in [9.17, 15) is 14.0 Å². The van der Waals surface area contributed by atoms with E-state index < -0.39 is 17.1 Å². The molecule has 188 valence electrons. The number of furan rings is 1. The Bertz CT molecular complexity index is 1220. The summed E-state index contributed by atoms with van der Waals surface area (Å²) in [6.07, 6.45) is 11.4. The summed E-state index contributed by atoms with van der Waals surface area (Å²) in [6, 6.07) is 3.99. The predicted molar refractivity (Wildman–Crippen MR) is 138 cm³/mol. The van der Waals surface area contributed by atoms with Crippen molar-refractivity contribution in [2.45, 2.75) is 51.2 Å². The molecular formula is C25H27FN6O3S. The summed E-state index contributed by atoms with van der Waals surface area (Å²) in [5.41, 5.74) is 2.61. The summed E-state index contributed by atoms with van der Waals surface area (Å²) < 4.78 is 19.6. The smallest absolute Gasteiger partial charge is 0.290 e. The minimum absolute atomic E-state index is 0.153. The SMILES string of the molecule is C=N\C(=N/C(=C\C)/C=C1\SC(=O)NC1=O)N[C@H]1CC[C@H](NCc2c(-c3ccoc3)ccnc2F)CC1. The average Bonchev–Trinajstić information content (AvgIpc) is 3.52. The first-order chi connectivity index (χ1) is 17.5. The molecule has 0 spiro atoms. The number of pyridine rings is 1. The molecule has 2 aromatic rings. The van der Waals surface area contributed by atoms with Gasteiger partial charge >= 0.3 is 0 Å². The molecule has 11 heteroatoms. The number of aromatic nitrogens is 1. The number of hydrogen-bond donors (Lipinski definition) is 3. The molecule has 0 unspecified atom stereocenters. The van der Waals surface area contributed by atoms with Gasteiger partial charge in [0.15, 0.2) is 0 Å². The molecule has 1 saturated heterocycles. The predicted octanol–water partition coefficient (Wildman–Crippen LogP) is 4.30. The number of amides is 2. The van der Waals surface area contributed by atoms with E-state index in [0.29, 0.717) is 23.8 Å². The lowest BCUT2D eigenvalue weighted by atomic mass is 9.91. The molecule has 2 amide bonds. The van der Waals surface area contributed by atoms with E-state index in [4.69, 9.17) is 4.42 Å². The number of imide groups is 1. The molecule has 0 bridgehead atoms. The Morgan fingerprint density at radius 1 is 1.31 bits per heavy atom. The van der Waals surface area contributed by atoms with Gasteiger partial charge in [-0.3, -0.25) is 14.9 Å². The number of guanidine groups is 1. The highest BCUT2D eigenvalue weighted by Gasteiger charge is 2.26. The molecule has 2 aromatic heterocycles. The van der Waals surface area contributed by atoms with Crippen molar-refractivity contribution in [1.82, 2.24) is 20.9 Å². The average molecular weight is 511 g/mol. The van der Waals surface area contributed by atoms with Gasteiger partial charge in [0.1, 0.15) is 0 Å². The summed E-state index contributed by atoms with van der Waals surface area (Å²) in [4.78, 5) is 35.7. The van der Waals surface area contributed by atoms with Crippen molar-refractivity contribution < 1.29 is 18.4 Å². The quantitative estimate of drug-likeness (QED) is 0.220. The number of rotatable bonds is 7. The van der Waals surface area contributed by atoms with Crippen molar-refractivity contribution in [2.75, 3.05) is 0 Å². The molecule has 4 rings (SSSR count). The first kappa shape index (κ1) is 25.5. The van der Waals surface area contributed by atoms with Crippen molar-refractivity contribution in [2.24, 2.45) is 9.98 Å². The van der Waals surface area contributed by atoms with Gasteiger partial charge in [-0.2, -0.15) is 4.39 Å². The fraction of sp³-hybridized carbons (Fsp3) is 0.320. The van der Waals surface area contributed by atoms with Crippen molar-refractivity contribution in [3.63, 3.8) is 0 Å². The van der Waals surface area contributed by atoms with Crippen LogP contribution in [0.3, 0.4) is 0 Å². The standard InChI is InChI=1S/C25H27FN6O3S/c1-3-16(12-21-23(33)32-25(34)36-21)30-24(27-2)31-18-6-4-17(5-7-18)29-13-20-19(8-10-28-22(20)26)15-9-11-35-14-15/h3,8-12,14,17-18,29H,2,4-7,13H2,1H3,(H,30,31)(H,32,33,34)/b16-3-,21-12-/t17-,18-. The van der Waals surface area contributed by atoms with Gasteiger partial charge < -0.3 is 15.1 Å². The van der Waals surface area contributed by atoms with Crippen LogP contribution in [0, 0.1) is 5.95 Å². The first-order valence-corrected chi connectivity index (χ1v) is 12.4. The van der Waals surface area contributed by atoms with Crippen LogP contribution >= 0.6 is 11.8 Å². The second-order valence-electron chi connectivity index (χ2n) is 8.37. The van der Waals surface area contributed by atoms with Gasteiger partial charge in [-0.25, -0.2) is 15.0 Å². The number of hydrogen-bond acceptors (Lipinski definition) is 7. The molecule has 9 nitrogen and oxygen atoms in total. The Morgan fingerprint density at radius 2 is 2.08 bits per heavy atom. The number of carbonyl (C=O) groups is 2. The van der Waals surface area contributed by atoms with Crippen LogP contribution < -0.4 is 16.0 Å². The van der Waals surface area contributed by atoms with Crippen molar-refractivity contribution in [1.29, 1.82) is 0 Å².